The molecule has 0 aromatic heterocycles. The van der Waals surface area contributed by atoms with Crippen LogP contribution in [0.5, 0.6) is 0 Å². The van der Waals surface area contributed by atoms with Gasteiger partial charge in [0.15, 0.2) is 0 Å². The number of nitrogens with two attached hydrogens (primary N) is 1. The van der Waals surface area contributed by atoms with Crippen molar-refractivity contribution in [3.05, 3.63) is 42.0 Å². The lowest BCUT2D eigenvalue weighted by Gasteiger charge is -2.19. The maximum absolute atomic E-state index is 5.70. The molecular formula is C12H17NO. The van der Waals surface area contributed by atoms with Gasteiger partial charge in [0.25, 0.3) is 0 Å². The van der Waals surface area contributed by atoms with Gasteiger partial charge in [-0.15, -0.1) is 0 Å². The summed E-state index contributed by atoms with van der Waals surface area (Å²) in [6, 6.07) is 8.05. The molecule has 0 aliphatic rings. The molecular weight excluding hydrogens is 174 g/mol. The van der Waals surface area contributed by atoms with Crippen LogP contribution in [-0.2, 0) is 11.3 Å². The molecule has 0 radical (unpaired) electrons. The summed E-state index contributed by atoms with van der Waals surface area (Å²) in [5.41, 5.74) is 7.36. The summed E-state index contributed by atoms with van der Waals surface area (Å²) in [6.07, 6.45) is 1.82. The third-order valence-corrected chi connectivity index (χ3v) is 1.83. The van der Waals surface area contributed by atoms with Gasteiger partial charge in [0, 0.05) is 0 Å². The van der Waals surface area contributed by atoms with Crippen LogP contribution in [0.2, 0.25) is 0 Å². The molecule has 0 bridgehead atoms. The fraction of sp³-hybridized carbons (Fsp3) is 0.333. The van der Waals surface area contributed by atoms with Crippen LogP contribution in [-0.4, -0.2) is 5.72 Å². The third-order valence-electron chi connectivity index (χ3n) is 1.83. The quantitative estimate of drug-likeness (QED) is 0.742. The van der Waals surface area contributed by atoms with Crippen LogP contribution in [0.25, 0.3) is 6.08 Å². The molecule has 0 saturated heterocycles. The standard InChI is InChI=1S/C12H17NO/c1-4-10-5-7-11(8-6-10)9-14-12(2,3)13/h4-8H,1,9,13H2,2-3H3. The van der Waals surface area contributed by atoms with Crippen molar-refractivity contribution in [1.29, 1.82) is 0 Å². The Morgan fingerprint density at radius 1 is 1.36 bits per heavy atom. The van der Waals surface area contributed by atoms with Crippen LogP contribution < -0.4 is 5.73 Å². The van der Waals surface area contributed by atoms with Gasteiger partial charge >= 0.3 is 0 Å². The Balaban J connectivity index is 2.56. The smallest absolute Gasteiger partial charge is 0.111 e. The lowest BCUT2D eigenvalue weighted by atomic mass is 10.1. The summed E-state index contributed by atoms with van der Waals surface area (Å²) in [5.74, 6) is 0. The summed E-state index contributed by atoms with van der Waals surface area (Å²) < 4.78 is 5.44. The van der Waals surface area contributed by atoms with E-state index in [0.29, 0.717) is 6.61 Å². The van der Waals surface area contributed by atoms with E-state index in [2.05, 4.69) is 6.58 Å². The molecule has 0 atom stereocenters. The number of rotatable bonds is 4. The zero-order valence-electron chi connectivity index (χ0n) is 8.79. The first-order valence-electron chi connectivity index (χ1n) is 4.65. The van der Waals surface area contributed by atoms with E-state index in [1.54, 1.807) is 0 Å². The van der Waals surface area contributed by atoms with Crippen LogP contribution >= 0.6 is 0 Å². The fourth-order valence-electron chi connectivity index (χ4n) is 1.02. The molecule has 14 heavy (non-hydrogen) atoms. The van der Waals surface area contributed by atoms with Crippen molar-refractivity contribution in [1.82, 2.24) is 0 Å². The molecule has 2 heteroatoms. The van der Waals surface area contributed by atoms with Gasteiger partial charge in [-0.05, 0) is 25.0 Å². The summed E-state index contributed by atoms with van der Waals surface area (Å²) in [6.45, 7) is 7.91. The summed E-state index contributed by atoms with van der Waals surface area (Å²) in [7, 11) is 0. The molecule has 2 nitrogen and oxygen atoms in total. The van der Waals surface area contributed by atoms with Crippen molar-refractivity contribution in [2.45, 2.75) is 26.2 Å². The lowest BCUT2D eigenvalue weighted by molar-refractivity contribution is -0.0243. The molecule has 0 amide bonds. The Morgan fingerprint density at radius 2 is 1.93 bits per heavy atom. The molecule has 0 aliphatic heterocycles. The molecule has 1 rings (SSSR count). The van der Waals surface area contributed by atoms with Gasteiger partial charge in [-0.2, -0.15) is 0 Å². The SMILES string of the molecule is C=Cc1ccc(COC(C)(C)N)cc1. The largest absolute Gasteiger partial charge is 0.357 e. The second kappa shape index (κ2) is 4.40. The second-order valence-corrected chi connectivity index (χ2v) is 3.84. The van der Waals surface area contributed by atoms with Crippen LogP contribution in [0.4, 0.5) is 0 Å². The van der Waals surface area contributed by atoms with Crippen molar-refractivity contribution in [2.24, 2.45) is 5.73 Å². The lowest BCUT2D eigenvalue weighted by Crippen LogP contribution is -2.35. The fourth-order valence-corrected chi connectivity index (χ4v) is 1.02. The van der Waals surface area contributed by atoms with Crippen LogP contribution in [0.1, 0.15) is 25.0 Å². The minimum atomic E-state index is -0.572. The Kier molecular flexibility index (Phi) is 3.44. The van der Waals surface area contributed by atoms with E-state index in [0.717, 1.165) is 11.1 Å². The van der Waals surface area contributed by atoms with Crippen molar-refractivity contribution < 1.29 is 4.74 Å². The maximum Gasteiger partial charge on any atom is 0.111 e. The maximum atomic E-state index is 5.70. The Hall–Kier alpha value is -1.12. The predicted octanol–water partition coefficient (Wildman–Crippen LogP) is 2.54. The average molecular weight is 191 g/mol. The zero-order valence-corrected chi connectivity index (χ0v) is 8.79. The van der Waals surface area contributed by atoms with Gasteiger partial charge in [0.05, 0.1) is 6.61 Å². The van der Waals surface area contributed by atoms with Gasteiger partial charge < -0.3 is 10.5 Å². The molecule has 1 aromatic carbocycles. The molecule has 1 aromatic rings. The topological polar surface area (TPSA) is 35.2 Å². The highest BCUT2D eigenvalue weighted by atomic mass is 16.5. The zero-order chi connectivity index (χ0) is 10.6. The van der Waals surface area contributed by atoms with Crippen LogP contribution in [0, 0.1) is 0 Å². The highest BCUT2D eigenvalue weighted by Gasteiger charge is 2.09. The first-order valence-corrected chi connectivity index (χ1v) is 4.65. The second-order valence-electron chi connectivity index (χ2n) is 3.84. The molecule has 2 N–H and O–H groups in total. The predicted molar refractivity (Wildman–Crippen MR) is 59.6 cm³/mol. The molecule has 0 heterocycles. The van der Waals surface area contributed by atoms with E-state index in [9.17, 15) is 0 Å². The molecule has 0 fully saturated rings. The van der Waals surface area contributed by atoms with E-state index < -0.39 is 5.72 Å². The highest BCUT2D eigenvalue weighted by Crippen LogP contribution is 2.09. The third kappa shape index (κ3) is 3.73. The van der Waals surface area contributed by atoms with Gasteiger partial charge in [0.1, 0.15) is 5.72 Å². The number of hydrogen-bond donors (Lipinski definition) is 1. The van der Waals surface area contributed by atoms with E-state index in [1.165, 1.54) is 0 Å². The molecule has 0 saturated carbocycles. The van der Waals surface area contributed by atoms with Gasteiger partial charge in [0.2, 0.25) is 0 Å². The molecule has 76 valence electrons. The van der Waals surface area contributed by atoms with Crippen molar-refractivity contribution in [3.63, 3.8) is 0 Å². The van der Waals surface area contributed by atoms with Crippen LogP contribution in [0.3, 0.4) is 0 Å². The summed E-state index contributed by atoms with van der Waals surface area (Å²) >= 11 is 0. The Bertz CT molecular complexity index is 295. The van der Waals surface area contributed by atoms with Crippen LogP contribution in [0.15, 0.2) is 30.8 Å². The van der Waals surface area contributed by atoms with Crippen molar-refractivity contribution in [2.75, 3.05) is 0 Å². The monoisotopic (exact) mass is 191 g/mol. The molecule has 0 aliphatic carbocycles. The number of benzene rings is 1. The van der Waals surface area contributed by atoms with E-state index in [-0.39, 0.29) is 0 Å². The van der Waals surface area contributed by atoms with Gasteiger partial charge in [-0.25, -0.2) is 0 Å². The highest BCUT2D eigenvalue weighted by molar-refractivity contribution is 5.47. The average Bonchev–Trinajstić information content (AvgIpc) is 2.14. The first-order chi connectivity index (χ1) is 6.51. The van der Waals surface area contributed by atoms with Crippen molar-refractivity contribution in [3.8, 4) is 0 Å². The minimum Gasteiger partial charge on any atom is -0.357 e. The minimum absolute atomic E-state index is 0.543. The van der Waals surface area contributed by atoms with Crippen molar-refractivity contribution >= 4 is 6.08 Å². The molecule has 0 spiro atoms. The number of ether oxygens (including phenoxy) is 1. The Labute approximate surface area is 85.4 Å². The molecule has 0 unspecified atom stereocenters. The first kappa shape index (κ1) is 11.0. The normalized spacial score (nSPS) is 11.4. The summed E-state index contributed by atoms with van der Waals surface area (Å²) in [4.78, 5) is 0. The summed E-state index contributed by atoms with van der Waals surface area (Å²) in [5, 5.41) is 0. The van der Waals surface area contributed by atoms with E-state index in [1.807, 2.05) is 44.2 Å². The number of hydrogen-bond acceptors (Lipinski definition) is 2. The Morgan fingerprint density at radius 3 is 2.36 bits per heavy atom. The van der Waals surface area contributed by atoms with E-state index >= 15 is 0 Å². The van der Waals surface area contributed by atoms with E-state index in [4.69, 9.17) is 10.5 Å². The van der Waals surface area contributed by atoms with Gasteiger partial charge in [-0.3, -0.25) is 0 Å². The van der Waals surface area contributed by atoms with Gasteiger partial charge in [-0.1, -0.05) is 36.9 Å².